The predicted molar refractivity (Wildman–Crippen MR) is 36.7 cm³/mol. The molecule has 2 N–H and O–H groups in total. The van der Waals surface area contributed by atoms with Crippen LogP contribution in [0.15, 0.2) is 16.8 Å². The quantitative estimate of drug-likeness (QED) is 0.424. The van der Waals surface area contributed by atoms with Gasteiger partial charge in [-0.1, -0.05) is 12.5 Å². The highest BCUT2D eigenvalue weighted by atomic mass is 14.8. The van der Waals surface area contributed by atoms with E-state index in [1.807, 2.05) is 6.92 Å². The Morgan fingerprint density at radius 3 is 2.75 bits per heavy atom. The van der Waals surface area contributed by atoms with Gasteiger partial charge in [-0.05, 0) is 13.3 Å². The molecule has 0 saturated heterocycles. The first-order valence-electron chi connectivity index (χ1n) is 2.70. The minimum atomic E-state index is 1.04. The minimum absolute atomic E-state index is 1.04. The fraction of sp³-hybridized carbons (Fsp3) is 0.500. The van der Waals surface area contributed by atoms with Crippen LogP contribution in [-0.4, -0.2) is 6.34 Å². The third kappa shape index (κ3) is 3.40. The third-order valence-electron chi connectivity index (χ3n) is 0.939. The molecule has 46 valence electrons. The summed E-state index contributed by atoms with van der Waals surface area (Å²) >= 11 is 0. The SMILES string of the molecule is CC/C(C)=C/N=CN. The molecule has 0 aliphatic carbocycles. The first-order valence-corrected chi connectivity index (χ1v) is 2.70. The fourth-order valence-corrected chi connectivity index (χ4v) is 0.262. The molecule has 2 heteroatoms. The van der Waals surface area contributed by atoms with E-state index in [0.717, 1.165) is 6.42 Å². The number of nitrogens with zero attached hydrogens (tertiary/aromatic N) is 1. The van der Waals surface area contributed by atoms with Crippen molar-refractivity contribution in [3.05, 3.63) is 11.8 Å². The zero-order chi connectivity index (χ0) is 6.41. The van der Waals surface area contributed by atoms with E-state index in [0.29, 0.717) is 0 Å². The smallest absolute Gasteiger partial charge is 0.0852 e. The molecule has 0 aliphatic rings. The molecule has 0 amide bonds. The Morgan fingerprint density at radius 2 is 2.38 bits per heavy atom. The maximum absolute atomic E-state index is 5.00. The number of hydrogen-bond acceptors (Lipinski definition) is 1. The summed E-state index contributed by atoms with van der Waals surface area (Å²) in [6, 6.07) is 0. The zero-order valence-corrected chi connectivity index (χ0v) is 5.39. The molecule has 0 aromatic carbocycles. The Hall–Kier alpha value is -0.790. The molecule has 0 unspecified atom stereocenters. The van der Waals surface area contributed by atoms with Crippen molar-refractivity contribution in [2.75, 3.05) is 0 Å². The van der Waals surface area contributed by atoms with Crippen molar-refractivity contribution in [2.24, 2.45) is 10.7 Å². The lowest BCUT2D eigenvalue weighted by atomic mass is 10.3. The van der Waals surface area contributed by atoms with Gasteiger partial charge in [-0.25, -0.2) is 4.99 Å². The Morgan fingerprint density at radius 1 is 1.75 bits per heavy atom. The van der Waals surface area contributed by atoms with Gasteiger partial charge < -0.3 is 5.73 Å². The van der Waals surface area contributed by atoms with Crippen LogP contribution in [0.1, 0.15) is 20.3 Å². The monoisotopic (exact) mass is 112 g/mol. The molecule has 0 bridgehead atoms. The van der Waals surface area contributed by atoms with Gasteiger partial charge in [0.1, 0.15) is 0 Å². The van der Waals surface area contributed by atoms with Crippen LogP contribution in [0.4, 0.5) is 0 Å². The molecule has 0 atom stereocenters. The van der Waals surface area contributed by atoms with Gasteiger partial charge in [-0.2, -0.15) is 0 Å². The molecular formula is C6H12N2. The topological polar surface area (TPSA) is 38.4 Å². The van der Waals surface area contributed by atoms with Crippen LogP contribution in [0, 0.1) is 0 Å². The lowest BCUT2D eigenvalue weighted by Gasteiger charge is -1.86. The van der Waals surface area contributed by atoms with E-state index in [1.54, 1.807) is 6.20 Å². The summed E-state index contributed by atoms with van der Waals surface area (Å²) in [7, 11) is 0. The second-order valence-electron chi connectivity index (χ2n) is 1.63. The molecule has 0 radical (unpaired) electrons. The lowest BCUT2D eigenvalue weighted by Crippen LogP contribution is -1.85. The molecule has 0 fully saturated rings. The van der Waals surface area contributed by atoms with Crippen LogP contribution >= 0.6 is 0 Å². The zero-order valence-electron chi connectivity index (χ0n) is 5.39. The number of rotatable bonds is 2. The van der Waals surface area contributed by atoms with Crippen molar-refractivity contribution < 1.29 is 0 Å². The Balaban J connectivity index is 3.57. The average molecular weight is 112 g/mol. The highest BCUT2D eigenvalue weighted by Crippen LogP contribution is 1.95. The van der Waals surface area contributed by atoms with Gasteiger partial charge in [-0.15, -0.1) is 0 Å². The second-order valence-corrected chi connectivity index (χ2v) is 1.63. The predicted octanol–water partition coefficient (Wildman–Crippen LogP) is 1.29. The Labute approximate surface area is 50.1 Å². The van der Waals surface area contributed by atoms with Gasteiger partial charge in [0.05, 0.1) is 6.34 Å². The van der Waals surface area contributed by atoms with Crippen molar-refractivity contribution in [3.63, 3.8) is 0 Å². The first kappa shape index (κ1) is 7.21. The van der Waals surface area contributed by atoms with Crippen LogP contribution in [-0.2, 0) is 0 Å². The van der Waals surface area contributed by atoms with Crippen molar-refractivity contribution in [2.45, 2.75) is 20.3 Å². The van der Waals surface area contributed by atoms with Gasteiger partial charge in [0.15, 0.2) is 0 Å². The molecule has 0 aliphatic heterocycles. The summed E-state index contributed by atoms with van der Waals surface area (Å²) in [6.45, 7) is 4.10. The molecule has 0 saturated carbocycles. The van der Waals surface area contributed by atoms with E-state index >= 15 is 0 Å². The fourth-order valence-electron chi connectivity index (χ4n) is 0.262. The summed E-state index contributed by atoms with van der Waals surface area (Å²) in [5.41, 5.74) is 6.24. The molecular weight excluding hydrogens is 100 g/mol. The average Bonchev–Trinajstić information content (AvgIpc) is 1.83. The first-order chi connectivity index (χ1) is 3.81. The number of nitrogens with two attached hydrogens (primary N) is 1. The van der Waals surface area contributed by atoms with Crippen molar-refractivity contribution >= 4 is 6.34 Å². The van der Waals surface area contributed by atoms with Gasteiger partial charge in [0.2, 0.25) is 0 Å². The van der Waals surface area contributed by atoms with Crippen LogP contribution in [0.25, 0.3) is 0 Å². The molecule has 0 spiro atoms. The molecule has 0 rings (SSSR count). The molecule has 2 nitrogen and oxygen atoms in total. The van der Waals surface area contributed by atoms with Crippen molar-refractivity contribution in [3.8, 4) is 0 Å². The second kappa shape index (κ2) is 4.37. The summed E-state index contributed by atoms with van der Waals surface area (Å²) in [5, 5.41) is 0. The van der Waals surface area contributed by atoms with Gasteiger partial charge in [0.25, 0.3) is 0 Å². The summed E-state index contributed by atoms with van der Waals surface area (Å²) in [6.07, 6.45) is 4.09. The van der Waals surface area contributed by atoms with E-state index in [9.17, 15) is 0 Å². The maximum Gasteiger partial charge on any atom is 0.0852 e. The third-order valence-corrected chi connectivity index (χ3v) is 0.939. The summed E-state index contributed by atoms with van der Waals surface area (Å²) in [5.74, 6) is 0. The normalized spacial score (nSPS) is 13.0. The highest BCUT2D eigenvalue weighted by molar-refractivity contribution is 5.52. The standard InChI is InChI=1S/C6H12N2/c1-3-6(2)4-8-5-7/h4-5H,3H2,1-2H3,(H2,7,8)/b6-4+. The summed E-state index contributed by atoms with van der Waals surface area (Å²) in [4.78, 5) is 3.73. The van der Waals surface area contributed by atoms with Gasteiger partial charge in [-0.3, -0.25) is 0 Å². The lowest BCUT2D eigenvalue weighted by molar-refractivity contribution is 1.09. The van der Waals surface area contributed by atoms with E-state index < -0.39 is 0 Å². The maximum atomic E-state index is 5.00. The van der Waals surface area contributed by atoms with Crippen LogP contribution in [0.2, 0.25) is 0 Å². The molecule has 0 heterocycles. The number of hydrogen-bond donors (Lipinski definition) is 1. The van der Waals surface area contributed by atoms with Crippen LogP contribution < -0.4 is 5.73 Å². The molecule has 0 aromatic rings. The Kier molecular flexibility index (Phi) is 3.94. The van der Waals surface area contributed by atoms with E-state index in [-0.39, 0.29) is 0 Å². The van der Waals surface area contributed by atoms with E-state index in [2.05, 4.69) is 11.9 Å². The van der Waals surface area contributed by atoms with Crippen molar-refractivity contribution in [1.82, 2.24) is 0 Å². The number of aliphatic imine (C=N–C) groups is 1. The highest BCUT2D eigenvalue weighted by Gasteiger charge is 1.76. The molecule has 0 aromatic heterocycles. The largest absolute Gasteiger partial charge is 0.390 e. The van der Waals surface area contributed by atoms with E-state index in [4.69, 9.17) is 5.73 Å². The van der Waals surface area contributed by atoms with E-state index in [1.165, 1.54) is 11.9 Å². The minimum Gasteiger partial charge on any atom is -0.390 e. The molecule has 8 heavy (non-hydrogen) atoms. The summed E-state index contributed by atoms with van der Waals surface area (Å²) < 4.78 is 0. The van der Waals surface area contributed by atoms with Gasteiger partial charge >= 0.3 is 0 Å². The Bertz CT molecular complexity index is 103. The van der Waals surface area contributed by atoms with Crippen molar-refractivity contribution in [1.29, 1.82) is 0 Å². The van der Waals surface area contributed by atoms with Crippen LogP contribution in [0.3, 0.4) is 0 Å². The van der Waals surface area contributed by atoms with Gasteiger partial charge in [0, 0.05) is 6.20 Å². The van der Waals surface area contributed by atoms with Crippen LogP contribution in [0.5, 0.6) is 0 Å². The number of allylic oxidation sites excluding steroid dienone is 1.